The predicted octanol–water partition coefficient (Wildman–Crippen LogP) is 3.83. The molecule has 1 saturated carbocycles. The lowest BCUT2D eigenvalue weighted by atomic mass is 9.95. The van der Waals surface area contributed by atoms with Crippen LogP contribution in [0.2, 0.25) is 0 Å². The Labute approximate surface area is 163 Å². The molecule has 0 radical (unpaired) electrons. The van der Waals surface area contributed by atoms with Crippen LogP contribution in [0.5, 0.6) is 0 Å². The SMILES string of the molecule is Cc1nc(NC2CC2)nc2c1nc(-c1cccs1)n2CCC1CCNCC1. The number of nitrogens with one attached hydrogen (secondary N) is 2. The average molecular weight is 383 g/mol. The molecule has 2 aliphatic rings. The second-order valence-corrected chi connectivity index (χ2v) is 8.72. The lowest BCUT2D eigenvalue weighted by Crippen LogP contribution is -2.28. The summed E-state index contributed by atoms with van der Waals surface area (Å²) in [6.07, 6.45) is 6.15. The molecule has 1 saturated heterocycles. The first-order valence-corrected chi connectivity index (χ1v) is 10.9. The number of imidazole rings is 1. The highest BCUT2D eigenvalue weighted by Crippen LogP contribution is 2.31. The molecule has 6 nitrogen and oxygen atoms in total. The summed E-state index contributed by atoms with van der Waals surface area (Å²) >= 11 is 1.74. The number of hydrogen-bond acceptors (Lipinski definition) is 6. The number of thiophene rings is 1. The van der Waals surface area contributed by atoms with Crippen LogP contribution < -0.4 is 10.6 Å². The molecule has 1 aliphatic carbocycles. The van der Waals surface area contributed by atoms with Gasteiger partial charge in [-0.2, -0.15) is 4.98 Å². The summed E-state index contributed by atoms with van der Waals surface area (Å²) in [6, 6.07) is 4.79. The molecule has 5 rings (SSSR count). The van der Waals surface area contributed by atoms with Crippen molar-refractivity contribution in [3.63, 3.8) is 0 Å². The summed E-state index contributed by atoms with van der Waals surface area (Å²) in [5.74, 6) is 2.57. The standard InChI is InChI=1S/C20H26N6S/c1-13-17-19(25-20(22-13)23-15-4-5-15)26(11-8-14-6-9-21-10-7-14)18(24-17)16-3-2-12-27-16/h2-3,12,14-15,21H,4-11H2,1H3,(H,22,23,25). The van der Waals surface area contributed by atoms with Crippen molar-refractivity contribution in [2.75, 3.05) is 18.4 Å². The van der Waals surface area contributed by atoms with Crippen molar-refractivity contribution in [2.24, 2.45) is 5.92 Å². The first-order valence-electron chi connectivity index (χ1n) is 10.0. The quantitative estimate of drug-likeness (QED) is 0.678. The number of anilines is 1. The number of fused-ring (bicyclic) bond motifs is 1. The van der Waals surface area contributed by atoms with E-state index in [1.54, 1.807) is 11.3 Å². The number of aromatic nitrogens is 4. The van der Waals surface area contributed by atoms with E-state index in [4.69, 9.17) is 9.97 Å². The van der Waals surface area contributed by atoms with Gasteiger partial charge in [-0.1, -0.05) is 6.07 Å². The van der Waals surface area contributed by atoms with E-state index >= 15 is 0 Å². The van der Waals surface area contributed by atoms with E-state index in [2.05, 4.69) is 37.7 Å². The van der Waals surface area contributed by atoms with Crippen LogP contribution in [0.25, 0.3) is 21.9 Å². The number of piperidine rings is 1. The van der Waals surface area contributed by atoms with Crippen molar-refractivity contribution in [3.05, 3.63) is 23.2 Å². The molecule has 0 atom stereocenters. The average Bonchev–Trinajstić information content (AvgIpc) is 3.18. The Bertz CT molecular complexity index is 922. The maximum absolute atomic E-state index is 4.96. The third-order valence-electron chi connectivity index (χ3n) is 5.64. The monoisotopic (exact) mass is 382 g/mol. The Morgan fingerprint density at radius 3 is 2.78 bits per heavy atom. The van der Waals surface area contributed by atoms with Crippen molar-refractivity contribution < 1.29 is 0 Å². The third kappa shape index (κ3) is 3.58. The zero-order valence-corrected chi connectivity index (χ0v) is 16.6. The predicted molar refractivity (Wildman–Crippen MR) is 110 cm³/mol. The van der Waals surface area contributed by atoms with Gasteiger partial charge in [-0.25, -0.2) is 9.97 Å². The highest BCUT2D eigenvalue weighted by atomic mass is 32.1. The zero-order chi connectivity index (χ0) is 18.2. The Morgan fingerprint density at radius 2 is 2.04 bits per heavy atom. The van der Waals surface area contributed by atoms with Crippen LogP contribution in [-0.4, -0.2) is 38.7 Å². The maximum Gasteiger partial charge on any atom is 0.225 e. The molecule has 0 bridgehead atoms. The maximum atomic E-state index is 4.96. The normalized spacial score (nSPS) is 18.3. The third-order valence-corrected chi connectivity index (χ3v) is 6.51. The highest BCUT2D eigenvalue weighted by Gasteiger charge is 2.24. The lowest BCUT2D eigenvalue weighted by molar-refractivity contribution is 0.339. The van der Waals surface area contributed by atoms with Gasteiger partial charge in [0.1, 0.15) is 5.52 Å². The lowest BCUT2D eigenvalue weighted by Gasteiger charge is -2.23. The molecule has 3 aromatic rings. The molecule has 0 spiro atoms. The zero-order valence-electron chi connectivity index (χ0n) is 15.7. The molecule has 7 heteroatoms. The summed E-state index contributed by atoms with van der Waals surface area (Å²) in [5, 5.41) is 9.04. The molecule has 3 aromatic heterocycles. The van der Waals surface area contributed by atoms with Crippen molar-refractivity contribution in [1.82, 2.24) is 24.8 Å². The van der Waals surface area contributed by atoms with Gasteiger partial charge in [-0.05, 0) is 69.5 Å². The molecule has 27 heavy (non-hydrogen) atoms. The van der Waals surface area contributed by atoms with Crippen LogP contribution in [0.4, 0.5) is 5.95 Å². The Balaban J connectivity index is 1.53. The topological polar surface area (TPSA) is 67.7 Å². The van der Waals surface area contributed by atoms with Gasteiger partial charge >= 0.3 is 0 Å². The Morgan fingerprint density at radius 1 is 1.19 bits per heavy atom. The summed E-state index contributed by atoms with van der Waals surface area (Å²) in [5.41, 5.74) is 2.87. The van der Waals surface area contributed by atoms with Crippen molar-refractivity contribution in [1.29, 1.82) is 0 Å². The van der Waals surface area contributed by atoms with Crippen LogP contribution in [0.3, 0.4) is 0 Å². The number of aryl methyl sites for hydroxylation is 2. The van der Waals surface area contributed by atoms with Gasteiger partial charge < -0.3 is 15.2 Å². The second-order valence-electron chi connectivity index (χ2n) is 7.77. The molecule has 0 aromatic carbocycles. The molecule has 2 N–H and O–H groups in total. The Hall–Kier alpha value is -1.99. The van der Waals surface area contributed by atoms with Crippen molar-refractivity contribution >= 4 is 28.4 Å². The molecule has 0 unspecified atom stereocenters. The van der Waals surface area contributed by atoms with Crippen molar-refractivity contribution in [2.45, 2.75) is 51.6 Å². The van der Waals surface area contributed by atoms with Gasteiger partial charge in [0.25, 0.3) is 0 Å². The molecular weight excluding hydrogens is 356 g/mol. The van der Waals surface area contributed by atoms with E-state index in [0.717, 1.165) is 54.2 Å². The molecule has 142 valence electrons. The van der Waals surface area contributed by atoms with E-state index < -0.39 is 0 Å². The van der Waals surface area contributed by atoms with Gasteiger partial charge in [-0.3, -0.25) is 0 Å². The summed E-state index contributed by atoms with van der Waals surface area (Å²) < 4.78 is 2.33. The van der Waals surface area contributed by atoms with E-state index in [0.29, 0.717) is 6.04 Å². The Kier molecular flexibility index (Phi) is 4.57. The fourth-order valence-electron chi connectivity index (χ4n) is 3.90. The summed E-state index contributed by atoms with van der Waals surface area (Å²) in [4.78, 5) is 15.7. The van der Waals surface area contributed by atoms with Crippen LogP contribution in [-0.2, 0) is 6.54 Å². The second kappa shape index (κ2) is 7.20. The van der Waals surface area contributed by atoms with Crippen LogP contribution >= 0.6 is 11.3 Å². The van der Waals surface area contributed by atoms with Crippen LogP contribution in [0.15, 0.2) is 17.5 Å². The van der Waals surface area contributed by atoms with Crippen LogP contribution in [0.1, 0.15) is 37.8 Å². The molecular formula is C20H26N6S. The fraction of sp³-hybridized carbons (Fsp3) is 0.550. The van der Waals surface area contributed by atoms with E-state index in [1.165, 1.54) is 37.0 Å². The van der Waals surface area contributed by atoms with Crippen LogP contribution in [0, 0.1) is 12.8 Å². The van der Waals surface area contributed by atoms with E-state index in [1.807, 2.05) is 6.92 Å². The minimum Gasteiger partial charge on any atom is -0.351 e. The minimum atomic E-state index is 0.546. The summed E-state index contributed by atoms with van der Waals surface area (Å²) in [6.45, 7) is 5.30. The molecule has 1 aliphatic heterocycles. The highest BCUT2D eigenvalue weighted by molar-refractivity contribution is 7.13. The van der Waals surface area contributed by atoms with Gasteiger partial charge in [0, 0.05) is 12.6 Å². The van der Waals surface area contributed by atoms with E-state index in [-0.39, 0.29) is 0 Å². The van der Waals surface area contributed by atoms with Crippen molar-refractivity contribution in [3.8, 4) is 10.7 Å². The van der Waals surface area contributed by atoms with E-state index in [9.17, 15) is 0 Å². The first kappa shape index (κ1) is 17.1. The molecule has 2 fully saturated rings. The minimum absolute atomic E-state index is 0.546. The largest absolute Gasteiger partial charge is 0.351 e. The summed E-state index contributed by atoms with van der Waals surface area (Å²) in [7, 11) is 0. The molecule has 4 heterocycles. The number of rotatable bonds is 6. The smallest absolute Gasteiger partial charge is 0.225 e. The number of nitrogens with zero attached hydrogens (tertiary/aromatic N) is 4. The van der Waals surface area contributed by atoms with Gasteiger partial charge in [0.15, 0.2) is 11.5 Å². The molecule has 0 amide bonds. The van der Waals surface area contributed by atoms with Gasteiger partial charge in [0.2, 0.25) is 5.95 Å². The fourth-order valence-corrected chi connectivity index (χ4v) is 4.62. The van der Waals surface area contributed by atoms with Gasteiger partial charge in [0.05, 0.1) is 10.6 Å². The van der Waals surface area contributed by atoms with Gasteiger partial charge in [-0.15, -0.1) is 11.3 Å². The number of hydrogen-bond donors (Lipinski definition) is 2. The first-order chi connectivity index (χ1) is 13.3.